The van der Waals surface area contributed by atoms with Gasteiger partial charge in [-0.3, -0.25) is 9.78 Å². The van der Waals surface area contributed by atoms with Crippen molar-refractivity contribution in [1.82, 2.24) is 20.5 Å². The highest BCUT2D eigenvalue weighted by molar-refractivity contribution is 5.83. The molecule has 30 heavy (non-hydrogen) atoms. The van der Waals surface area contributed by atoms with Crippen LogP contribution in [0.2, 0.25) is 0 Å². The molecule has 0 spiro atoms. The Hall–Kier alpha value is -3.32. The molecule has 4 heterocycles. The molecule has 2 aliphatic heterocycles. The van der Waals surface area contributed by atoms with Crippen LogP contribution in [0.25, 0.3) is 11.3 Å². The van der Waals surface area contributed by atoms with Crippen LogP contribution in [0.1, 0.15) is 17.2 Å². The first-order chi connectivity index (χ1) is 14.8. The number of ether oxygens (including phenoxy) is 1. The highest BCUT2D eigenvalue weighted by atomic mass is 16.5. The summed E-state index contributed by atoms with van der Waals surface area (Å²) in [6.45, 7) is 2.93. The van der Waals surface area contributed by atoms with E-state index >= 15 is 0 Å². The van der Waals surface area contributed by atoms with Gasteiger partial charge in [0.1, 0.15) is 0 Å². The number of rotatable bonds is 5. The summed E-state index contributed by atoms with van der Waals surface area (Å²) >= 11 is 0. The maximum atomic E-state index is 12.7. The Kier molecular flexibility index (Phi) is 5.11. The molecule has 3 aromatic rings. The third-order valence-corrected chi connectivity index (χ3v) is 5.70. The summed E-state index contributed by atoms with van der Waals surface area (Å²) in [4.78, 5) is 18.8. The normalized spacial score (nSPS) is 18.4. The molecule has 0 bridgehead atoms. The van der Waals surface area contributed by atoms with Gasteiger partial charge >= 0.3 is 0 Å². The Morgan fingerprint density at radius 1 is 1.07 bits per heavy atom. The van der Waals surface area contributed by atoms with Gasteiger partial charge in [0.15, 0.2) is 11.9 Å². The number of fused-ring (bicyclic) bond motifs is 1. The average molecular weight is 401 g/mol. The minimum Gasteiger partial charge on any atom is -0.363 e. The average Bonchev–Trinajstić information content (AvgIpc) is 2.78. The number of hydrogen-bond acceptors (Lipinski definition) is 6. The van der Waals surface area contributed by atoms with Crippen molar-refractivity contribution in [2.24, 2.45) is 5.92 Å². The second kappa shape index (κ2) is 8.20. The van der Waals surface area contributed by atoms with Crippen LogP contribution in [0.4, 0.5) is 5.82 Å². The first-order valence-corrected chi connectivity index (χ1v) is 10.2. The summed E-state index contributed by atoms with van der Waals surface area (Å²) in [5, 5.41) is 11.7. The Morgan fingerprint density at radius 2 is 1.90 bits per heavy atom. The Balaban J connectivity index is 1.13. The third-order valence-electron chi connectivity index (χ3n) is 5.70. The summed E-state index contributed by atoms with van der Waals surface area (Å²) in [6.07, 6.45) is 3.85. The predicted molar refractivity (Wildman–Crippen MR) is 113 cm³/mol. The maximum absolute atomic E-state index is 12.7. The summed E-state index contributed by atoms with van der Waals surface area (Å²) < 4.78 is 5.74. The zero-order chi connectivity index (χ0) is 20.3. The maximum Gasteiger partial charge on any atom is 0.253 e. The van der Waals surface area contributed by atoms with Gasteiger partial charge in [0.05, 0.1) is 12.3 Å². The Bertz CT molecular complexity index is 1020. The van der Waals surface area contributed by atoms with Crippen LogP contribution in [-0.2, 0) is 16.0 Å². The van der Waals surface area contributed by atoms with E-state index in [4.69, 9.17) is 4.74 Å². The Labute approximate surface area is 175 Å². The smallest absolute Gasteiger partial charge is 0.253 e. The number of benzene rings is 1. The largest absolute Gasteiger partial charge is 0.363 e. The number of anilines is 1. The van der Waals surface area contributed by atoms with Crippen LogP contribution < -0.4 is 10.2 Å². The van der Waals surface area contributed by atoms with E-state index in [0.29, 0.717) is 19.1 Å². The third kappa shape index (κ3) is 3.76. The molecule has 1 amide bonds. The molecule has 5 rings (SSSR count). The number of aromatic nitrogens is 3. The van der Waals surface area contributed by atoms with Crippen LogP contribution in [0, 0.1) is 5.92 Å². The highest BCUT2D eigenvalue weighted by Crippen LogP contribution is 2.28. The van der Waals surface area contributed by atoms with Crippen LogP contribution in [0.3, 0.4) is 0 Å². The molecule has 1 unspecified atom stereocenters. The molecule has 1 N–H and O–H groups in total. The van der Waals surface area contributed by atoms with Crippen LogP contribution in [0.5, 0.6) is 0 Å². The number of carbonyl (C=O) groups is 1. The fraction of sp³-hybridized carbons (Fsp3) is 0.304. The number of hydrogen-bond donors (Lipinski definition) is 1. The lowest BCUT2D eigenvalue weighted by Crippen LogP contribution is -2.52. The summed E-state index contributed by atoms with van der Waals surface area (Å²) in [6, 6.07) is 15.8. The van der Waals surface area contributed by atoms with Gasteiger partial charge in [-0.1, -0.05) is 24.3 Å². The van der Waals surface area contributed by atoms with E-state index in [1.807, 2.05) is 42.5 Å². The molecule has 1 atom stereocenters. The van der Waals surface area contributed by atoms with Crippen molar-refractivity contribution in [3.63, 3.8) is 0 Å². The van der Waals surface area contributed by atoms with Crippen LogP contribution in [0.15, 0.2) is 60.9 Å². The quantitative estimate of drug-likeness (QED) is 0.707. The topological polar surface area (TPSA) is 80.2 Å². The van der Waals surface area contributed by atoms with Gasteiger partial charge in [-0.15, -0.1) is 10.2 Å². The minimum atomic E-state index is -0.502. The summed E-state index contributed by atoms with van der Waals surface area (Å²) in [7, 11) is 0. The lowest BCUT2D eigenvalue weighted by atomic mass is 9.96. The highest BCUT2D eigenvalue weighted by Gasteiger charge is 2.31. The first-order valence-electron chi connectivity index (χ1n) is 10.2. The van der Waals surface area contributed by atoms with Crippen molar-refractivity contribution in [3.05, 3.63) is 72.1 Å². The lowest BCUT2D eigenvalue weighted by Gasteiger charge is -2.40. The molecule has 0 saturated carbocycles. The van der Waals surface area contributed by atoms with E-state index in [0.717, 1.165) is 42.1 Å². The first kappa shape index (κ1) is 18.7. The van der Waals surface area contributed by atoms with Crippen molar-refractivity contribution >= 4 is 11.7 Å². The fourth-order valence-corrected chi connectivity index (χ4v) is 4.01. The van der Waals surface area contributed by atoms with E-state index in [2.05, 4.69) is 31.5 Å². The molecule has 7 heteroatoms. The number of nitrogens with zero attached hydrogens (tertiary/aromatic N) is 4. The molecule has 2 aliphatic rings. The van der Waals surface area contributed by atoms with Gasteiger partial charge in [-0.2, -0.15) is 0 Å². The van der Waals surface area contributed by atoms with Crippen molar-refractivity contribution in [1.29, 1.82) is 0 Å². The molecular weight excluding hydrogens is 378 g/mol. The van der Waals surface area contributed by atoms with Crippen molar-refractivity contribution in [2.45, 2.75) is 12.5 Å². The standard InChI is InChI=1S/C23H23N5O2/c29-23(22-19-4-2-1-3-17(19)9-12-30-22)25-13-16-14-28(15-16)21-6-5-20(26-27-21)18-7-10-24-11-8-18/h1-8,10-11,16,22H,9,12-15H2,(H,25,29). The van der Waals surface area contributed by atoms with Crippen LogP contribution >= 0.6 is 0 Å². The van der Waals surface area contributed by atoms with Crippen molar-refractivity contribution in [3.8, 4) is 11.3 Å². The fourth-order valence-electron chi connectivity index (χ4n) is 4.01. The molecule has 0 radical (unpaired) electrons. The van der Waals surface area contributed by atoms with Gasteiger partial charge in [-0.25, -0.2) is 0 Å². The van der Waals surface area contributed by atoms with Gasteiger partial charge in [0.2, 0.25) is 0 Å². The van der Waals surface area contributed by atoms with Gasteiger partial charge in [-0.05, 0) is 41.8 Å². The molecule has 1 aromatic carbocycles. The molecule has 1 fully saturated rings. The second-order valence-corrected chi connectivity index (χ2v) is 7.73. The number of amides is 1. The van der Waals surface area contributed by atoms with E-state index in [-0.39, 0.29) is 5.91 Å². The van der Waals surface area contributed by atoms with E-state index in [9.17, 15) is 4.79 Å². The zero-order valence-electron chi connectivity index (χ0n) is 16.6. The van der Waals surface area contributed by atoms with Gasteiger partial charge in [0, 0.05) is 43.5 Å². The number of pyridine rings is 1. The van der Waals surface area contributed by atoms with Crippen molar-refractivity contribution < 1.29 is 9.53 Å². The minimum absolute atomic E-state index is 0.0536. The SMILES string of the molecule is O=C(NCC1CN(c2ccc(-c3ccncc3)nn2)C1)C1OCCc2ccccc21. The molecule has 1 saturated heterocycles. The molecule has 7 nitrogen and oxygen atoms in total. The monoisotopic (exact) mass is 401 g/mol. The number of nitrogens with one attached hydrogen (secondary N) is 1. The van der Waals surface area contributed by atoms with E-state index < -0.39 is 6.10 Å². The molecule has 0 aliphatic carbocycles. The summed E-state index contributed by atoms with van der Waals surface area (Å²) in [5.74, 6) is 1.21. The van der Waals surface area contributed by atoms with Crippen LogP contribution in [-0.4, -0.2) is 47.3 Å². The number of carbonyl (C=O) groups excluding carboxylic acids is 1. The lowest BCUT2D eigenvalue weighted by molar-refractivity contribution is -0.134. The van der Waals surface area contributed by atoms with E-state index in [1.165, 1.54) is 5.56 Å². The van der Waals surface area contributed by atoms with Gasteiger partial charge in [0.25, 0.3) is 5.91 Å². The van der Waals surface area contributed by atoms with Crippen molar-refractivity contribution in [2.75, 3.05) is 31.1 Å². The molecular formula is C23H23N5O2. The molecule has 152 valence electrons. The van der Waals surface area contributed by atoms with E-state index in [1.54, 1.807) is 12.4 Å². The predicted octanol–water partition coefficient (Wildman–Crippen LogP) is 2.40. The molecule has 2 aromatic heterocycles. The van der Waals surface area contributed by atoms with Gasteiger partial charge < -0.3 is 15.0 Å². The summed E-state index contributed by atoms with van der Waals surface area (Å²) in [5.41, 5.74) is 4.02. The Morgan fingerprint density at radius 3 is 2.70 bits per heavy atom. The second-order valence-electron chi connectivity index (χ2n) is 7.73. The zero-order valence-corrected chi connectivity index (χ0v) is 16.6.